The lowest BCUT2D eigenvalue weighted by atomic mass is 9.97. The first-order valence-corrected chi connectivity index (χ1v) is 4.13. The highest BCUT2D eigenvalue weighted by molar-refractivity contribution is 5.82. The summed E-state index contributed by atoms with van der Waals surface area (Å²) in [5.74, 6) is -0.635. The van der Waals surface area contributed by atoms with Crippen molar-refractivity contribution in [2.24, 2.45) is 5.73 Å². The normalized spacial score (nSPS) is 46.1. The van der Waals surface area contributed by atoms with Crippen molar-refractivity contribution < 1.29 is 9.90 Å². The first kappa shape index (κ1) is 7.97. The molecule has 2 saturated heterocycles. The van der Waals surface area contributed by atoms with Gasteiger partial charge in [0.1, 0.15) is 0 Å². The molecule has 5 nitrogen and oxygen atoms in total. The van der Waals surface area contributed by atoms with Gasteiger partial charge in [0.05, 0.1) is 6.67 Å². The van der Waals surface area contributed by atoms with E-state index in [0.717, 1.165) is 13.0 Å². The number of amides is 1. The summed E-state index contributed by atoms with van der Waals surface area (Å²) >= 11 is 0. The van der Waals surface area contributed by atoms with Gasteiger partial charge in [-0.25, -0.2) is 0 Å². The summed E-state index contributed by atoms with van der Waals surface area (Å²) in [6.45, 7) is 1.28. The topological polar surface area (TPSA) is 78.6 Å². The van der Waals surface area contributed by atoms with Crippen LogP contribution in [0.1, 0.15) is 12.8 Å². The van der Waals surface area contributed by atoms with Gasteiger partial charge in [-0.15, -0.1) is 0 Å². The van der Waals surface area contributed by atoms with Crippen LogP contribution >= 0.6 is 0 Å². The Labute approximate surface area is 70.5 Å². The molecule has 4 N–H and O–H groups in total. The zero-order valence-corrected chi connectivity index (χ0v) is 6.79. The molecule has 2 rings (SSSR count). The number of nitrogens with zero attached hydrogens (tertiary/aromatic N) is 1. The Morgan fingerprint density at radius 2 is 2.50 bits per heavy atom. The molecule has 1 amide bonds. The van der Waals surface area contributed by atoms with Gasteiger partial charge < -0.3 is 16.2 Å². The lowest BCUT2D eigenvalue weighted by Gasteiger charge is -2.36. The highest BCUT2D eigenvalue weighted by Gasteiger charge is 2.47. The number of aliphatic hydroxyl groups is 1. The monoisotopic (exact) mass is 171 g/mol. The molecule has 2 fully saturated rings. The molecule has 0 aromatic carbocycles. The standard InChI is InChI=1S/C7H13N3O2/c8-6(11)7(12)2-1-5-3-10(7)4-9-5/h5,9,12H,1-4H2,(H2,8,11). The van der Waals surface area contributed by atoms with E-state index in [9.17, 15) is 9.90 Å². The van der Waals surface area contributed by atoms with Crippen molar-refractivity contribution in [1.82, 2.24) is 10.2 Å². The molecule has 2 aliphatic rings. The molecule has 0 aromatic heterocycles. The number of nitrogens with one attached hydrogen (secondary N) is 1. The second-order valence-corrected chi connectivity index (χ2v) is 3.50. The highest BCUT2D eigenvalue weighted by atomic mass is 16.3. The number of primary amides is 1. The number of carbonyl (C=O) groups is 1. The van der Waals surface area contributed by atoms with E-state index in [4.69, 9.17) is 5.73 Å². The number of rotatable bonds is 1. The third-order valence-corrected chi connectivity index (χ3v) is 2.77. The van der Waals surface area contributed by atoms with Gasteiger partial charge in [-0.1, -0.05) is 0 Å². The summed E-state index contributed by atoms with van der Waals surface area (Å²) < 4.78 is 0. The van der Waals surface area contributed by atoms with Crippen molar-refractivity contribution in [2.45, 2.75) is 24.6 Å². The molecule has 0 saturated carbocycles. The van der Waals surface area contributed by atoms with E-state index in [1.807, 2.05) is 0 Å². The van der Waals surface area contributed by atoms with Crippen LogP contribution in [0.2, 0.25) is 0 Å². The number of carbonyl (C=O) groups excluding carboxylic acids is 1. The maximum Gasteiger partial charge on any atom is 0.265 e. The molecule has 3 unspecified atom stereocenters. The predicted octanol–water partition coefficient (Wildman–Crippen LogP) is -1.81. The van der Waals surface area contributed by atoms with Gasteiger partial charge in [-0.3, -0.25) is 9.69 Å². The second-order valence-electron chi connectivity index (χ2n) is 3.50. The number of hydrogen-bond acceptors (Lipinski definition) is 4. The molecule has 12 heavy (non-hydrogen) atoms. The van der Waals surface area contributed by atoms with Gasteiger partial charge in [0, 0.05) is 19.0 Å². The summed E-state index contributed by atoms with van der Waals surface area (Å²) in [7, 11) is 0. The van der Waals surface area contributed by atoms with Crippen molar-refractivity contribution in [3.05, 3.63) is 0 Å². The van der Waals surface area contributed by atoms with Crippen molar-refractivity contribution in [2.75, 3.05) is 13.2 Å². The molecule has 5 heteroatoms. The molecule has 0 aliphatic carbocycles. The van der Waals surface area contributed by atoms with Crippen molar-refractivity contribution >= 4 is 5.91 Å². The first-order chi connectivity index (χ1) is 5.63. The van der Waals surface area contributed by atoms with Gasteiger partial charge in [0.25, 0.3) is 5.91 Å². The molecular weight excluding hydrogens is 158 g/mol. The van der Waals surface area contributed by atoms with E-state index in [2.05, 4.69) is 5.32 Å². The van der Waals surface area contributed by atoms with Crippen molar-refractivity contribution in [1.29, 1.82) is 0 Å². The van der Waals surface area contributed by atoms with Gasteiger partial charge >= 0.3 is 0 Å². The minimum absolute atomic E-state index is 0.421. The Morgan fingerprint density at radius 3 is 3.17 bits per heavy atom. The van der Waals surface area contributed by atoms with Crippen LogP contribution in [0.3, 0.4) is 0 Å². The van der Waals surface area contributed by atoms with E-state index in [-0.39, 0.29) is 0 Å². The van der Waals surface area contributed by atoms with Gasteiger partial charge in [-0.2, -0.15) is 0 Å². The van der Waals surface area contributed by atoms with E-state index >= 15 is 0 Å². The lowest BCUT2D eigenvalue weighted by Crippen LogP contribution is -2.59. The number of piperidine rings is 1. The number of nitrogens with two attached hydrogens (primary N) is 1. The number of fused-ring (bicyclic) bond motifs is 2. The Bertz CT molecular complexity index is 221. The molecule has 0 aromatic rings. The minimum atomic E-state index is -1.40. The van der Waals surface area contributed by atoms with Gasteiger partial charge in [0.2, 0.25) is 0 Å². The van der Waals surface area contributed by atoms with Gasteiger partial charge in [0.15, 0.2) is 5.72 Å². The lowest BCUT2D eigenvalue weighted by molar-refractivity contribution is -0.163. The van der Waals surface area contributed by atoms with E-state index in [0.29, 0.717) is 19.1 Å². The molecule has 68 valence electrons. The van der Waals surface area contributed by atoms with Crippen molar-refractivity contribution in [3.8, 4) is 0 Å². The first-order valence-electron chi connectivity index (χ1n) is 4.13. The zero-order valence-electron chi connectivity index (χ0n) is 6.79. The van der Waals surface area contributed by atoms with E-state index < -0.39 is 11.6 Å². The summed E-state index contributed by atoms with van der Waals surface area (Å²) in [6, 6.07) is 0.421. The van der Waals surface area contributed by atoms with E-state index in [1.165, 1.54) is 0 Å². The summed E-state index contributed by atoms with van der Waals surface area (Å²) in [6.07, 6.45) is 1.26. The SMILES string of the molecule is NC(=O)C1(O)CCC2CN1CN2. The maximum atomic E-state index is 11.0. The Balaban J connectivity index is 2.21. The largest absolute Gasteiger partial charge is 0.367 e. The quantitative estimate of drug-likeness (QED) is 0.434. The Morgan fingerprint density at radius 1 is 1.75 bits per heavy atom. The third kappa shape index (κ3) is 0.939. The van der Waals surface area contributed by atoms with Crippen LogP contribution < -0.4 is 11.1 Å². The second kappa shape index (κ2) is 2.42. The fraction of sp³-hybridized carbons (Fsp3) is 0.857. The zero-order chi connectivity index (χ0) is 8.77. The fourth-order valence-electron chi connectivity index (χ4n) is 1.92. The number of hydrogen-bond donors (Lipinski definition) is 3. The van der Waals surface area contributed by atoms with Gasteiger partial charge in [-0.05, 0) is 6.42 Å². The summed E-state index contributed by atoms with van der Waals surface area (Å²) in [4.78, 5) is 12.7. The molecular formula is C7H13N3O2. The Kier molecular flexibility index (Phi) is 1.61. The molecule has 2 heterocycles. The Hall–Kier alpha value is -0.650. The summed E-state index contributed by atoms with van der Waals surface area (Å²) in [5.41, 5.74) is 3.72. The molecule has 0 spiro atoms. The minimum Gasteiger partial charge on any atom is -0.367 e. The average Bonchev–Trinajstić information content (AvgIpc) is 2.43. The molecule has 2 bridgehead atoms. The highest BCUT2D eigenvalue weighted by Crippen LogP contribution is 2.28. The smallest absolute Gasteiger partial charge is 0.265 e. The van der Waals surface area contributed by atoms with Crippen LogP contribution in [-0.2, 0) is 4.79 Å². The molecule has 2 aliphatic heterocycles. The van der Waals surface area contributed by atoms with Crippen LogP contribution in [0.4, 0.5) is 0 Å². The average molecular weight is 171 g/mol. The summed E-state index contributed by atoms with van der Waals surface area (Å²) in [5, 5.41) is 13.0. The van der Waals surface area contributed by atoms with Crippen LogP contribution in [0.5, 0.6) is 0 Å². The van der Waals surface area contributed by atoms with Crippen LogP contribution in [0.15, 0.2) is 0 Å². The maximum absolute atomic E-state index is 11.0. The fourth-order valence-corrected chi connectivity index (χ4v) is 1.92. The van der Waals surface area contributed by atoms with Crippen LogP contribution in [0.25, 0.3) is 0 Å². The van der Waals surface area contributed by atoms with Crippen LogP contribution in [-0.4, -0.2) is 40.9 Å². The van der Waals surface area contributed by atoms with Crippen LogP contribution in [0, 0.1) is 0 Å². The molecule has 0 radical (unpaired) electrons. The molecule has 3 atom stereocenters. The third-order valence-electron chi connectivity index (χ3n) is 2.77. The van der Waals surface area contributed by atoms with Crippen molar-refractivity contribution in [3.63, 3.8) is 0 Å². The van der Waals surface area contributed by atoms with E-state index in [1.54, 1.807) is 4.90 Å². The predicted molar refractivity (Wildman–Crippen MR) is 41.9 cm³/mol.